The summed E-state index contributed by atoms with van der Waals surface area (Å²) in [6.45, 7) is 7.57. The molecule has 2 bridgehead atoms. The van der Waals surface area contributed by atoms with Crippen molar-refractivity contribution in [1.29, 1.82) is 0 Å². The van der Waals surface area contributed by atoms with Gasteiger partial charge in [-0.25, -0.2) is 13.1 Å². The second kappa shape index (κ2) is 12.1. The van der Waals surface area contributed by atoms with E-state index in [1.165, 1.54) is 24.8 Å². The molecule has 5 aliphatic rings. The monoisotopic (exact) mass is 670 g/mol. The molecule has 2 saturated heterocycles. The molecule has 10 heteroatoms. The Morgan fingerprint density at radius 1 is 0.979 bits per heavy atom. The molecule has 254 valence electrons. The maximum absolute atomic E-state index is 14.6. The minimum absolute atomic E-state index is 0.0683. The molecule has 1 N–H and O–H groups in total. The zero-order chi connectivity index (χ0) is 33.3. The fourth-order valence-corrected chi connectivity index (χ4v) is 10.1. The highest BCUT2D eigenvalue weighted by atomic mass is 32.2. The molecule has 9 nitrogen and oxygen atoms in total. The molecule has 2 atom stereocenters. The Morgan fingerprint density at radius 2 is 1.77 bits per heavy atom. The summed E-state index contributed by atoms with van der Waals surface area (Å²) in [7, 11) is -2.03. The minimum Gasteiger partial charge on any atom is -0.497 e. The van der Waals surface area contributed by atoms with Gasteiger partial charge < -0.3 is 14.2 Å². The number of hydrogen-bond acceptors (Lipinski definition) is 6. The molecule has 2 aromatic carbocycles. The Balaban J connectivity index is 1.24. The number of methoxy groups -OCH3 is 1. The molecule has 2 aliphatic carbocycles. The number of rotatable bonds is 8. The van der Waals surface area contributed by atoms with E-state index < -0.39 is 21.2 Å². The maximum atomic E-state index is 14.6. The normalized spacial score (nSPS) is 22.8. The minimum atomic E-state index is -3.70. The molecule has 2 unspecified atom stereocenters. The lowest BCUT2D eigenvalue weighted by molar-refractivity contribution is -0.129. The van der Waals surface area contributed by atoms with Crippen LogP contribution in [0.2, 0.25) is 0 Å². The van der Waals surface area contributed by atoms with Crippen LogP contribution in [0, 0.1) is 5.92 Å². The Bertz CT molecular complexity index is 1940. The third-order valence-corrected chi connectivity index (χ3v) is 13.1. The molecule has 2 amide bonds. The zero-order valence-electron chi connectivity index (χ0n) is 28.2. The topological polar surface area (TPSA) is 101 Å². The first-order chi connectivity index (χ1) is 23.1. The number of aromatic nitrogens is 1. The molecular formula is C38H46N4O5S. The number of fused-ring (bicyclic) bond motifs is 7. The summed E-state index contributed by atoms with van der Waals surface area (Å²) in [6, 6.07) is 12.3. The summed E-state index contributed by atoms with van der Waals surface area (Å²) >= 11 is 0. The van der Waals surface area contributed by atoms with Gasteiger partial charge in [-0.2, -0.15) is 0 Å². The highest BCUT2D eigenvalue weighted by Gasteiger charge is 2.46. The van der Waals surface area contributed by atoms with E-state index in [1.807, 2.05) is 24.3 Å². The fraction of sp³-hybridized carbons (Fsp3) is 0.526. The molecule has 1 aromatic heterocycles. The van der Waals surface area contributed by atoms with Crippen LogP contribution < -0.4 is 9.46 Å². The molecule has 8 rings (SSSR count). The molecule has 48 heavy (non-hydrogen) atoms. The van der Waals surface area contributed by atoms with Gasteiger partial charge in [-0.1, -0.05) is 39.2 Å². The number of sulfonamides is 1. The highest BCUT2D eigenvalue weighted by Crippen LogP contribution is 2.47. The number of likely N-dealkylation sites (tertiary alicyclic amines) is 2. The van der Waals surface area contributed by atoms with E-state index in [1.54, 1.807) is 13.2 Å². The molecule has 2 saturated carbocycles. The number of hydrogen-bond donors (Lipinski definition) is 1. The van der Waals surface area contributed by atoms with Gasteiger partial charge in [0.25, 0.3) is 11.8 Å². The summed E-state index contributed by atoms with van der Waals surface area (Å²) in [5, 5.41) is 0.580. The Labute approximate surface area is 283 Å². The van der Waals surface area contributed by atoms with Crippen LogP contribution in [-0.4, -0.2) is 78.7 Å². The van der Waals surface area contributed by atoms with Crippen molar-refractivity contribution in [2.45, 2.75) is 95.0 Å². The van der Waals surface area contributed by atoms with Crippen molar-refractivity contribution in [1.82, 2.24) is 19.1 Å². The Kier molecular flexibility index (Phi) is 7.94. The van der Waals surface area contributed by atoms with Crippen molar-refractivity contribution in [3.05, 3.63) is 58.7 Å². The van der Waals surface area contributed by atoms with E-state index in [0.717, 1.165) is 72.4 Å². The van der Waals surface area contributed by atoms with Gasteiger partial charge in [0.05, 0.1) is 24.6 Å². The van der Waals surface area contributed by atoms with Gasteiger partial charge in [-0.3, -0.25) is 14.5 Å². The average Bonchev–Trinajstić information content (AvgIpc) is 3.72. The summed E-state index contributed by atoms with van der Waals surface area (Å²) < 4.78 is 35.6. The van der Waals surface area contributed by atoms with Gasteiger partial charge in [0.2, 0.25) is 10.0 Å². The van der Waals surface area contributed by atoms with Crippen molar-refractivity contribution >= 4 is 38.8 Å². The van der Waals surface area contributed by atoms with Crippen LogP contribution in [0.4, 0.5) is 0 Å². The second-order valence-electron chi connectivity index (χ2n) is 15.1. The van der Waals surface area contributed by atoms with Crippen LogP contribution in [0.25, 0.3) is 28.2 Å². The molecule has 4 heterocycles. The number of nitrogens with one attached hydrogen (secondary N) is 1. The van der Waals surface area contributed by atoms with Gasteiger partial charge >= 0.3 is 0 Å². The van der Waals surface area contributed by atoms with E-state index in [4.69, 9.17) is 4.74 Å². The van der Waals surface area contributed by atoms with E-state index in [2.05, 4.69) is 45.1 Å². The van der Waals surface area contributed by atoms with Crippen molar-refractivity contribution in [3.8, 4) is 17.0 Å². The summed E-state index contributed by atoms with van der Waals surface area (Å²) in [4.78, 5) is 32.6. The van der Waals surface area contributed by atoms with Crippen LogP contribution in [-0.2, 0) is 21.4 Å². The van der Waals surface area contributed by atoms with Gasteiger partial charge in [0.1, 0.15) is 5.75 Å². The summed E-state index contributed by atoms with van der Waals surface area (Å²) in [5.41, 5.74) is 6.22. The predicted molar refractivity (Wildman–Crippen MR) is 187 cm³/mol. The van der Waals surface area contributed by atoms with E-state index in [0.29, 0.717) is 48.4 Å². The van der Waals surface area contributed by atoms with Gasteiger partial charge in [-0.05, 0) is 91.5 Å². The first-order valence-electron chi connectivity index (χ1n) is 17.8. The van der Waals surface area contributed by atoms with E-state index in [9.17, 15) is 18.0 Å². The largest absolute Gasteiger partial charge is 0.497 e. The first-order valence-corrected chi connectivity index (χ1v) is 19.3. The number of piperazine rings is 1. The number of nitrogens with zero attached hydrogens (tertiary/aromatic N) is 3. The van der Waals surface area contributed by atoms with Crippen LogP contribution >= 0.6 is 0 Å². The smallest absolute Gasteiger partial charge is 0.264 e. The highest BCUT2D eigenvalue weighted by molar-refractivity contribution is 7.91. The molecule has 3 aromatic rings. The fourth-order valence-electron chi connectivity index (χ4n) is 8.84. The number of amides is 2. The molecule has 0 radical (unpaired) electrons. The standard InChI is InChI=1S/C38H46N4O5S/c1-23(2)19-40-21-29-18-28(40)22-41(29)38(44)27-15-26-16-30(47-3)10-14-32(26)36-35(24-7-5-4-6-8-24)33-13-9-25(17-34(33)42(36)20-27)37(43)39-48(45,46)31-11-12-31/h9-10,13-17,23-24,28-29,31H,4-8,11-12,18-22H2,1-3H3,(H,39,43). The van der Waals surface area contributed by atoms with Crippen LogP contribution in [0.5, 0.6) is 5.75 Å². The van der Waals surface area contributed by atoms with Crippen LogP contribution in [0.15, 0.2) is 42.0 Å². The third kappa shape index (κ3) is 5.54. The van der Waals surface area contributed by atoms with Crippen molar-refractivity contribution in [3.63, 3.8) is 0 Å². The van der Waals surface area contributed by atoms with Crippen molar-refractivity contribution in [2.24, 2.45) is 5.92 Å². The number of carbonyl (C=O) groups excluding carboxylic acids is 2. The lowest BCUT2D eigenvalue weighted by atomic mass is 9.81. The van der Waals surface area contributed by atoms with Crippen LogP contribution in [0.1, 0.15) is 92.6 Å². The Hall–Kier alpha value is -3.63. The first kappa shape index (κ1) is 31.6. The van der Waals surface area contributed by atoms with Gasteiger partial charge in [-0.15, -0.1) is 0 Å². The van der Waals surface area contributed by atoms with E-state index in [-0.39, 0.29) is 11.9 Å². The predicted octanol–water partition coefficient (Wildman–Crippen LogP) is 5.92. The zero-order valence-corrected chi connectivity index (χ0v) is 29.0. The van der Waals surface area contributed by atoms with Gasteiger partial charge in [0, 0.05) is 59.3 Å². The van der Waals surface area contributed by atoms with Crippen molar-refractivity contribution < 1.29 is 22.7 Å². The van der Waals surface area contributed by atoms with Crippen LogP contribution in [0.3, 0.4) is 0 Å². The quantitative estimate of drug-likeness (QED) is 0.319. The van der Waals surface area contributed by atoms with E-state index >= 15 is 0 Å². The number of ether oxygens (including phenoxy) is 1. The maximum Gasteiger partial charge on any atom is 0.264 e. The lowest BCUT2D eigenvalue weighted by Gasteiger charge is -2.35. The average molecular weight is 671 g/mol. The summed E-state index contributed by atoms with van der Waals surface area (Å²) in [5.74, 6) is 1.13. The third-order valence-electron chi connectivity index (χ3n) is 11.2. The van der Waals surface area contributed by atoms with Gasteiger partial charge in [0.15, 0.2) is 0 Å². The summed E-state index contributed by atoms with van der Waals surface area (Å²) in [6.07, 6.45) is 9.97. The molecule has 4 fully saturated rings. The molecule has 0 spiro atoms. The molecule has 3 aliphatic heterocycles. The SMILES string of the molecule is COc1ccc2c(c1)C=C(C(=O)N1CC3CC1CN3CC(C)C)Cn1c-2c(C2CCCCC2)c2ccc(C(=O)NS(=O)(=O)C3CC3)cc21. The number of carbonyl (C=O) groups is 2. The Morgan fingerprint density at radius 3 is 2.46 bits per heavy atom. The molecular weight excluding hydrogens is 625 g/mol. The second-order valence-corrected chi connectivity index (χ2v) is 17.0. The van der Waals surface area contributed by atoms with Crippen molar-refractivity contribution in [2.75, 3.05) is 26.7 Å². The lowest BCUT2D eigenvalue weighted by Crippen LogP contribution is -2.50. The number of benzene rings is 2.